The zero-order chi connectivity index (χ0) is 21.0. The van der Waals surface area contributed by atoms with Crippen molar-refractivity contribution in [2.75, 3.05) is 0 Å². The minimum absolute atomic E-state index is 0.366. The van der Waals surface area contributed by atoms with Crippen molar-refractivity contribution in [3.63, 3.8) is 0 Å². The molecule has 0 amide bonds. The van der Waals surface area contributed by atoms with Crippen LogP contribution in [-0.2, 0) is 22.4 Å². The normalized spacial score (nSPS) is 11.8. The summed E-state index contributed by atoms with van der Waals surface area (Å²) < 4.78 is 16.3. The molecule has 0 bridgehead atoms. The molecule has 2 aromatic carbocycles. The fraction of sp³-hybridized carbons (Fsp3) is 0.250. The highest BCUT2D eigenvalue weighted by atomic mass is 16.7. The van der Waals surface area contributed by atoms with Crippen molar-refractivity contribution >= 4 is 16.9 Å². The van der Waals surface area contributed by atoms with E-state index in [1.54, 1.807) is 25.1 Å². The van der Waals surface area contributed by atoms with E-state index in [9.17, 15) is 9.59 Å². The molecule has 0 aliphatic rings. The van der Waals surface area contributed by atoms with E-state index in [1.807, 2.05) is 24.3 Å². The predicted molar refractivity (Wildman–Crippen MR) is 113 cm³/mol. The lowest BCUT2D eigenvalue weighted by Gasteiger charge is -2.15. The number of carbonyl (C=O) groups excluding carboxylic acids is 1. The Morgan fingerprint density at radius 1 is 1.14 bits per heavy atom. The summed E-state index contributed by atoms with van der Waals surface area (Å²) in [5, 5.41) is 0.729. The molecule has 150 valence electrons. The Hall–Kier alpha value is -3.34. The summed E-state index contributed by atoms with van der Waals surface area (Å²) in [4.78, 5) is 24.0. The van der Waals surface area contributed by atoms with E-state index in [1.165, 1.54) is 0 Å². The summed E-state index contributed by atoms with van der Waals surface area (Å²) in [6.07, 6.45) is 1.93. The summed E-state index contributed by atoms with van der Waals surface area (Å²) in [7, 11) is 0. The standard InChI is InChI=1S/C24H24O5/c1-5-16-9-8-10-17(6-2)23(16)20-14-18-13-19(11-12-21(18)29-24(20)26)27-15(4)28-22(25)7-3/h7-15H,3,5-6H2,1-2,4H3. The SMILES string of the molecule is C=CC(=O)OC(C)Oc1ccc2oc(=O)c(-c3c(CC)cccc3CC)cc2c1. The topological polar surface area (TPSA) is 65.7 Å². The highest BCUT2D eigenvalue weighted by Gasteiger charge is 2.15. The highest BCUT2D eigenvalue weighted by molar-refractivity contribution is 5.84. The number of benzene rings is 2. The molecule has 0 radical (unpaired) electrons. The Kier molecular flexibility index (Phi) is 6.17. The molecule has 0 aliphatic heterocycles. The van der Waals surface area contributed by atoms with Crippen LogP contribution in [0.2, 0.25) is 0 Å². The van der Waals surface area contributed by atoms with E-state index >= 15 is 0 Å². The summed E-state index contributed by atoms with van der Waals surface area (Å²) in [5.74, 6) is -0.0593. The lowest BCUT2D eigenvalue weighted by atomic mass is 9.92. The number of hydrogen-bond donors (Lipinski definition) is 0. The molecule has 0 aliphatic carbocycles. The Morgan fingerprint density at radius 2 is 1.83 bits per heavy atom. The average Bonchev–Trinajstić information content (AvgIpc) is 2.72. The van der Waals surface area contributed by atoms with Crippen LogP contribution in [0.15, 0.2) is 64.3 Å². The highest BCUT2D eigenvalue weighted by Crippen LogP contribution is 2.30. The minimum Gasteiger partial charge on any atom is -0.455 e. The van der Waals surface area contributed by atoms with E-state index < -0.39 is 12.3 Å². The zero-order valence-corrected chi connectivity index (χ0v) is 16.9. The Bertz CT molecular complexity index is 1090. The maximum absolute atomic E-state index is 12.7. The van der Waals surface area contributed by atoms with Crippen LogP contribution in [0.4, 0.5) is 0 Å². The second kappa shape index (κ2) is 8.78. The van der Waals surface area contributed by atoms with Gasteiger partial charge in [0.1, 0.15) is 11.3 Å². The maximum Gasteiger partial charge on any atom is 0.344 e. The molecule has 29 heavy (non-hydrogen) atoms. The van der Waals surface area contributed by atoms with Crippen molar-refractivity contribution < 1.29 is 18.7 Å². The third kappa shape index (κ3) is 4.40. The second-order valence-electron chi connectivity index (χ2n) is 6.63. The molecule has 3 rings (SSSR count). The second-order valence-corrected chi connectivity index (χ2v) is 6.63. The number of hydrogen-bond acceptors (Lipinski definition) is 5. The van der Waals surface area contributed by atoms with Gasteiger partial charge in [-0.25, -0.2) is 9.59 Å². The number of carbonyl (C=O) groups is 1. The monoisotopic (exact) mass is 392 g/mol. The quantitative estimate of drug-likeness (QED) is 0.244. The molecular formula is C24H24O5. The van der Waals surface area contributed by atoms with E-state index in [-0.39, 0.29) is 5.63 Å². The molecule has 1 aromatic heterocycles. The summed E-state index contributed by atoms with van der Waals surface area (Å²) >= 11 is 0. The average molecular weight is 392 g/mol. The Balaban J connectivity index is 2.05. The number of fused-ring (bicyclic) bond motifs is 1. The first-order valence-electron chi connectivity index (χ1n) is 9.65. The van der Waals surface area contributed by atoms with Crippen LogP contribution in [0.25, 0.3) is 22.1 Å². The van der Waals surface area contributed by atoms with Crippen LogP contribution < -0.4 is 10.4 Å². The van der Waals surface area contributed by atoms with Crippen molar-refractivity contribution in [2.45, 2.75) is 39.9 Å². The van der Waals surface area contributed by atoms with Gasteiger partial charge in [-0.2, -0.15) is 0 Å². The molecule has 1 atom stereocenters. The van der Waals surface area contributed by atoms with Gasteiger partial charge in [-0.1, -0.05) is 38.6 Å². The van der Waals surface area contributed by atoms with Crippen LogP contribution in [-0.4, -0.2) is 12.3 Å². The van der Waals surface area contributed by atoms with Gasteiger partial charge in [-0.05, 0) is 53.8 Å². The summed E-state index contributed by atoms with van der Waals surface area (Å²) in [6, 6.07) is 13.0. The van der Waals surface area contributed by atoms with E-state index in [0.717, 1.165) is 41.0 Å². The number of rotatable bonds is 7. The summed E-state index contributed by atoms with van der Waals surface area (Å²) in [6.45, 7) is 9.12. The molecule has 1 heterocycles. The molecule has 0 fully saturated rings. The molecule has 5 heteroatoms. The maximum atomic E-state index is 12.7. The van der Waals surface area contributed by atoms with Gasteiger partial charge in [-0.15, -0.1) is 0 Å². The summed E-state index contributed by atoms with van der Waals surface area (Å²) in [5.41, 5.74) is 3.79. The molecule has 0 saturated heterocycles. The van der Waals surface area contributed by atoms with Crippen LogP contribution in [0.1, 0.15) is 31.9 Å². The van der Waals surface area contributed by atoms with E-state index in [2.05, 4.69) is 20.4 Å². The van der Waals surface area contributed by atoms with Crippen LogP contribution in [0, 0.1) is 0 Å². The third-order valence-electron chi connectivity index (χ3n) is 4.72. The Labute approximate surface area is 169 Å². The molecule has 5 nitrogen and oxygen atoms in total. The van der Waals surface area contributed by atoms with Crippen molar-refractivity contribution in [1.29, 1.82) is 0 Å². The first-order valence-corrected chi connectivity index (χ1v) is 9.65. The Morgan fingerprint density at radius 3 is 2.45 bits per heavy atom. The third-order valence-corrected chi connectivity index (χ3v) is 4.72. The zero-order valence-electron chi connectivity index (χ0n) is 16.9. The molecule has 3 aromatic rings. The lowest BCUT2D eigenvalue weighted by Crippen LogP contribution is -2.19. The van der Waals surface area contributed by atoms with Crippen molar-refractivity contribution in [2.24, 2.45) is 0 Å². The number of aryl methyl sites for hydroxylation is 2. The fourth-order valence-corrected chi connectivity index (χ4v) is 3.37. The molecule has 0 spiro atoms. The lowest BCUT2D eigenvalue weighted by molar-refractivity contribution is -0.154. The predicted octanol–water partition coefficient (Wildman–Crippen LogP) is 5.04. The van der Waals surface area contributed by atoms with Crippen molar-refractivity contribution in [3.05, 3.63) is 76.7 Å². The molecular weight excluding hydrogens is 368 g/mol. The van der Waals surface area contributed by atoms with E-state index in [4.69, 9.17) is 13.9 Å². The van der Waals surface area contributed by atoms with E-state index in [0.29, 0.717) is 16.9 Å². The fourth-order valence-electron chi connectivity index (χ4n) is 3.37. The smallest absolute Gasteiger partial charge is 0.344 e. The first-order chi connectivity index (χ1) is 14.0. The van der Waals surface area contributed by atoms with Gasteiger partial charge in [0.15, 0.2) is 0 Å². The largest absolute Gasteiger partial charge is 0.455 e. The van der Waals surface area contributed by atoms with Gasteiger partial charge < -0.3 is 13.9 Å². The van der Waals surface area contributed by atoms with Crippen LogP contribution >= 0.6 is 0 Å². The van der Waals surface area contributed by atoms with Gasteiger partial charge in [0.05, 0.1) is 5.56 Å². The van der Waals surface area contributed by atoms with Gasteiger partial charge in [0, 0.05) is 18.4 Å². The molecule has 0 saturated carbocycles. The van der Waals surface area contributed by atoms with Crippen molar-refractivity contribution in [1.82, 2.24) is 0 Å². The van der Waals surface area contributed by atoms with Crippen LogP contribution in [0.3, 0.4) is 0 Å². The first kappa shape index (κ1) is 20.4. The van der Waals surface area contributed by atoms with Crippen LogP contribution in [0.5, 0.6) is 5.75 Å². The van der Waals surface area contributed by atoms with Gasteiger partial charge in [-0.3, -0.25) is 0 Å². The van der Waals surface area contributed by atoms with Gasteiger partial charge >= 0.3 is 11.6 Å². The number of ether oxygens (including phenoxy) is 2. The molecule has 0 N–H and O–H groups in total. The van der Waals surface area contributed by atoms with Gasteiger partial charge in [0.2, 0.25) is 6.29 Å². The van der Waals surface area contributed by atoms with Gasteiger partial charge in [0.25, 0.3) is 0 Å². The molecule has 1 unspecified atom stereocenters. The number of esters is 1. The minimum atomic E-state index is -0.777. The van der Waals surface area contributed by atoms with Crippen molar-refractivity contribution in [3.8, 4) is 16.9 Å².